The smallest absolute Gasteiger partial charge is 0.325 e. The second-order valence-corrected chi connectivity index (χ2v) is 9.32. The molecule has 0 aromatic heterocycles. The highest BCUT2D eigenvalue weighted by molar-refractivity contribution is 6.09. The SMILES string of the molecule is CC1CC(C)(C)CC2(C1)NC(=O)N(CC(=O)NC1CCCNC1C)C2=O.Cl. The van der Waals surface area contributed by atoms with Crippen LogP contribution in [-0.2, 0) is 9.59 Å². The minimum absolute atomic E-state index is 0. The fourth-order valence-corrected chi connectivity index (χ4v) is 5.29. The van der Waals surface area contributed by atoms with Gasteiger partial charge in [-0.05, 0) is 56.9 Å². The van der Waals surface area contributed by atoms with E-state index in [2.05, 4.69) is 36.7 Å². The molecule has 27 heavy (non-hydrogen) atoms. The number of rotatable bonds is 3. The predicted octanol–water partition coefficient (Wildman–Crippen LogP) is 1.80. The lowest BCUT2D eigenvalue weighted by Crippen LogP contribution is -2.55. The summed E-state index contributed by atoms with van der Waals surface area (Å²) in [5.41, 5.74) is -0.861. The molecule has 3 N–H and O–H groups in total. The predicted molar refractivity (Wildman–Crippen MR) is 106 cm³/mol. The van der Waals surface area contributed by atoms with E-state index in [4.69, 9.17) is 0 Å². The molecule has 0 aromatic carbocycles. The number of carbonyl (C=O) groups is 3. The normalized spacial score (nSPS) is 35.6. The molecule has 0 bridgehead atoms. The highest BCUT2D eigenvalue weighted by atomic mass is 35.5. The van der Waals surface area contributed by atoms with Crippen LogP contribution in [0, 0.1) is 11.3 Å². The maximum atomic E-state index is 13.1. The number of urea groups is 1. The molecule has 2 aliphatic heterocycles. The standard InChI is InChI=1S/C19H32N4O3.ClH/c1-12-8-18(3,4)11-19(9-12)16(25)23(17(26)22-19)10-15(24)21-14-6-5-7-20-13(14)2;/h12-14,20H,5-11H2,1-4H3,(H,21,24)(H,22,26);1H. The third-order valence-corrected chi connectivity index (χ3v) is 6.03. The summed E-state index contributed by atoms with van der Waals surface area (Å²) in [6.45, 7) is 9.18. The summed E-state index contributed by atoms with van der Waals surface area (Å²) in [6, 6.07) is -0.202. The van der Waals surface area contributed by atoms with Crippen molar-refractivity contribution in [1.29, 1.82) is 0 Å². The van der Waals surface area contributed by atoms with E-state index < -0.39 is 11.6 Å². The van der Waals surface area contributed by atoms with Crippen molar-refractivity contribution >= 4 is 30.3 Å². The minimum Gasteiger partial charge on any atom is -0.350 e. The first-order valence-electron chi connectivity index (χ1n) is 9.79. The molecular formula is C19H33ClN4O3. The van der Waals surface area contributed by atoms with Crippen molar-refractivity contribution in [2.75, 3.05) is 13.1 Å². The molecule has 0 radical (unpaired) electrons. The van der Waals surface area contributed by atoms with Crippen LogP contribution < -0.4 is 16.0 Å². The van der Waals surface area contributed by atoms with Crippen LogP contribution in [0.1, 0.15) is 59.8 Å². The molecule has 154 valence electrons. The Morgan fingerprint density at radius 2 is 1.96 bits per heavy atom. The molecule has 0 aromatic rings. The lowest BCUT2D eigenvalue weighted by Gasteiger charge is -2.43. The van der Waals surface area contributed by atoms with Gasteiger partial charge in [0.15, 0.2) is 0 Å². The maximum absolute atomic E-state index is 13.1. The van der Waals surface area contributed by atoms with Crippen LogP contribution in [0.3, 0.4) is 0 Å². The third kappa shape index (κ3) is 4.57. The Morgan fingerprint density at radius 1 is 1.26 bits per heavy atom. The van der Waals surface area contributed by atoms with E-state index in [1.165, 1.54) is 0 Å². The van der Waals surface area contributed by atoms with E-state index in [1.807, 2.05) is 6.92 Å². The van der Waals surface area contributed by atoms with Gasteiger partial charge in [0.1, 0.15) is 12.1 Å². The monoisotopic (exact) mass is 400 g/mol. The molecule has 2 heterocycles. The molecule has 2 saturated heterocycles. The molecule has 7 nitrogen and oxygen atoms in total. The second-order valence-electron chi connectivity index (χ2n) is 9.32. The quantitative estimate of drug-likeness (QED) is 0.630. The largest absolute Gasteiger partial charge is 0.350 e. The first kappa shape index (κ1) is 22.0. The number of hydrogen-bond acceptors (Lipinski definition) is 4. The van der Waals surface area contributed by atoms with Gasteiger partial charge in [-0.3, -0.25) is 14.5 Å². The van der Waals surface area contributed by atoms with Crippen LogP contribution >= 0.6 is 12.4 Å². The van der Waals surface area contributed by atoms with Gasteiger partial charge in [-0.25, -0.2) is 4.79 Å². The number of carbonyl (C=O) groups excluding carboxylic acids is 3. The highest BCUT2D eigenvalue weighted by Gasteiger charge is 2.56. The fourth-order valence-electron chi connectivity index (χ4n) is 5.29. The molecular weight excluding hydrogens is 368 g/mol. The van der Waals surface area contributed by atoms with Crippen LogP contribution in [0.4, 0.5) is 4.79 Å². The zero-order chi connectivity index (χ0) is 19.1. The Morgan fingerprint density at radius 3 is 2.59 bits per heavy atom. The van der Waals surface area contributed by atoms with Gasteiger partial charge in [0.05, 0.1) is 0 Å². The zero-order valence-electron chi connectivity index (χ0n) is 16.8. The molecule has 1 spiro atoms. The molecule has 4 unspecified atom stereocenters. The van der Waals surface area contributed by atoms with Gasteiger partial charge in [-0.2, -0.15) is 0 Å². The third-order valence-electron chi connectivity index (χ3n) is 6.03. The number of imide groups is 1. The second kappa shape index (κ2) is 7.95. The Labute approximate surface area is 167 Å². The van der Waals surface area contributed by atoms with Gasteiger partial charge in [-0.1, -0.05) is 20.8 Å². The number of halogens is 1. The van der Waals surface area contributed by atoms with Crippen LogP contribution in [-0.4, -0.2) is 53.5 Å². The number of nitrogens with zero attached hydrogens (tertiary/aromatic N) is 1. The molecule has 3 rings (SSSR count). The number of nitrogens with one attached hydrogen (secondary N) is 3. The van der Waals surface area contributed by atoms with E-state index in [0.717, 1.165) is 30.7 Å². The van der Waals surface area contributed by atoms with Crippen molar-refractivity contribution in [2.24, 2.45) is 11.3 Å². The Hall–Kier alpha value is -1.34. The molecule has 1 saturated carbocycles. The van der Waals surface area contributed by atoms with E-state index in [-0.39, 0.29) is 48.3 Å². The molecule has 3 aliphatic rings. The first-order valence-corrected chi connectivity index (χ1v) is 9.79. The van der Waals surface area contributed by atoms with Crippen molar-refractivity contribution in [3.05, 3.63) is 0 Å². The Kier molecular flexibility index (Phi) is 6.47. The Balaban J connectivity index is 0.00000261. The highest BCUT2D eigenvalue weighted by Crippen LogP contribution is 2.46. The fraction of sp³-hybridized carbons (Fsp3) is 0.842. The van der Waals surface area contributed by atoms with Crippen molar-refractivity contribution in [3.8, 4) is 0 Å². The Bertz CT molecular complexity index is 612. The molecule has 4 amide bonds. The average molecular weight is 401 g/mol. The molecule has 3 fully saturated rings. The van der Waals surface area contributed by atoms with Crippen molar-refractivity contribution < 1.29 is 14.4 Å². The van der Waals surface area contributed by atoms with Gasteiger partial charge in [0.2, 0.25) is 5.91 Å². The summed E-state index contributed by atoms with van der Waals surface area (Å²) < 4.78 is 0. The number of hydrogen-bond donors (Lipinski definition) is 3. The lowest BCUT2D eigenvalue weighted by atomic mass is 9.64. The van der Waals surface area contributed by atoms with Crippen LogP contribution in [0.25, 0.3) is 0 Å². The minimum atomic E-state index is -0.849. The van der Waals surface area contributed by atoms with Gasteiger partial charge in [0, 0.05) is 12.1 Å². The van der Waals surface area contributed by atoms with Crippen molar-refractivity contribution in [2.45, 2.75) is 77.4 Å². The number of piperidine rings is 1. The first-order chi connectivity index (χ1) is 12.1. The van der Waals surface area contributed by atoms with E-state index in [9.17, 15) is 14.4 Å². The van der Waals surface area contributed by atoms with Gasteiger partial charge < -0.3 is 16.0 Å². The van der Waals surface area contributed by atoms with Gasteiger partial charge in [0.25, 0.3) is 5.91 Å². The summed E-state index contributed by atoms with van der Waals surface area (Å²) in [4.78, 5) is 39.1. The average Bonchev–Trinajstić information content (AvgIpc) is 2.71. The summed E-state index contributed by atoms with van der Waals surface area (Å²) in [5, 5.41) is 9.23. The zero-order valence-corrected chi connectivity index (χ0v) is 17.6. The van der Waals surface area contributed by atoms with E-state index >= 15 is 0 Å². The van der Waals surface area contributed by atoms with Crippen molar-refractivity contribution in [1.82, 2.24) is 20.9 Å². The van der Waals surface area contributed by atoms with E-state index in [1.54, 1.807) is 0 Å². The maximum Gasteiger partial charge on any atom is 0.325 e. The summed E-state index contributed by atoms with van der Waals surface area (Å²) in [6.07, 6.45) is 4.22. The molecule has 1 aliphatic carbocycles. The van der Waals surface area contributed by atoms with Gasteiger partial charge >= 0.3 is 6.03 Å². The molecule has 8 heteroatoms. The summed E-state index contributed by atoms with van der Waals surface area (Å²) >= 11 is 0. The molecule has 4 atom stereocenters. The number of amides is 4. The van der Waals surface area contributed by atoms with E-state index in [0.29, 0.717) is 18.8 Å². The lowest BCUT2D eigenvalue weighted by molar-refractivity contribution is -0.137. The summed E-state index contributed by atoms with van der Waals surface area (Å²) in [7, 11) is 0. The van der Waals surface area contributed by atoms with Crippen LogP contribution in [0.5, 0.6) is 0 Å². The van der Waals surface area contributed by atoms with Crippen LogP contribution in [0.15, 0.2) is 0 Å². The topological polar surface area (TPSA) is 90.5 Å². The van der Waals surface area contributed by atoms with Gasteiger partial charge in [-0.15, -0.1) is 12.4 Å². The summed E-state index contributed by atoms with van der Waals surface area (Å²) in [5.74, 6) is -0.160. The van der Waals surface area contributed by atoms with Crippen molar-refractivity contribution in [3.63, 3.8) is 0 Å². The van der Waals surface area contributed by atoms with Crippen LogP contribution in [0.2, 0.25) is 0 Å².